The first kappa shape index (κ1) is 48.5. The Balaban J connectivity index is 1.14. The predicted octanol–water partition coefficient (Wildman–Crippen LogP) is 21.2. The molecule has 4 nitrogen and oxygen atoms in total. The minimum absolute atomic E-state index is 0.0171. The SMILES string of the molecule is CC(C)(C)c1ccc(N(c2ccccc2)c2cc3c(c4c2-c2ccccc2C4(C)C)-c2c(cc(N(c4ccccc4)c4ccc(C(C)(C)C)cc4)c4c2oc2ccccc24)C32c3ccccc3-n3c4ccccc4c4cccc2c43)cc1. The van der Waals surface area contributed by atoms with E-state index < -0.39 is 10.8 Å². The third-order valence-corrected chi connectivity index (χ3v) is 18.6. The fourth-order valence-corrected chi connectivity index (χ4v) is 14.9. The van der Waals surface area contributed by atoms with Crippen LogP contribution in [0.3, 0.4) is 0 Å². The minimum atomic E-state index is -0.876. The van der Waals surface area contributed by atoms with Crippen molar-refractivity contribution in [3.05, 3.63) is 281 Å². The van der Waals surface area contributed by atoms with Crippen LogP contribution in [0.2, 0.25) is 0 Å². The van der Waals surface area contributed by atoms with E-state index in [0.29, 0.717) is 0 Å². The summed E-state index contributed by atoms with van der Waals surface area (Å²) >= 11 is 0. The van der Waals surface area contributed by atoms with Gasteiger partial charge in [0.2, 0.25) is 0 Å². The number of para-hydroxylation sites is 6. The molecule has 3 heterocycles. The first-order valence-electron chi connectivity index (χ1n) is 29.1. The molecule has 0 N–H and O–H groups in total. The fraction of sp³-hybridized carbons (Fsp3) is 0.154. The highest BCUT2D eigenvalue weighted by Gasteiger charge is 2.56. The smallest absolute Gasteiger partial charge is 0.145 e. The Morgan fingerprint density at radius 1 is 0.402 bits per heavy atom. The van der Waals surface area contributed by atoms with Gasteiger partial charge in [0.15, 0.2) is 0 Å². The number of hydrogen-bond donors (Lipinski definition) is 0. The normalized spacial score (nSPS) is 15.5. The molecule has 11 aromatic carbocycles. The zero-order valence-corrected chi connectivity index (χ0v) is 47.8. The van der Waals surface area contributed by atoms with E-state index in [2.05, 4.69) is 306 Å². The van der Waals surface area contributed by atoms with Crippen LogP contribution in [0.5, 0.6) is 0 Å². The van der Waals surface area contributed by atoms with Crippen LogP contribution in [-0.4, -0.2) is 4.57 Å². The zero-order valence-electron chi connectivity index (χ0n) is 47.8. The van der Waals surface area contributed by atoms with E-state index in [-0.39, 0.29) is 10.8 Å². The lowest BCUT2D eigenvalue weighted by atomic mass is 9.64. The lowest BCUT2D eigenvalue weighted by Gasteiger charge is -2.41. The standard InChI is InChI=1S/C78H63N3O/c1-75(2,3)48-38-42-52(43-39-48)79(50-24-11-9-12-25-50)65-46-61-70(72-68(65)56-29-15-18-32-58(56)77(72,7)8)71-62(78(61)59-33-19-21-36-64(59)81-63-35-20-16-28-54(63)55-31-23-34-60(78)73(55)81)47-66(69-57-30-17-22-37-67(57)82-74(69)71)80(51-26-13-10-14-27-51)53-44-40-49(41-45-53)76(4,5)6/h9-47H,1-8H3. The Bertz CT molecular complexity index is 4780. The van der Waals surface area contributed by atoms with Gasteiger partial charge in [-0.15, -0.1) is 0 Å². The Kier molecular flexibility index (Phi) is 10.1. The summed E-state index contributed by atoms with van der Waals surface area (Å²) in [4.78, 5) is 5.04. The van der Waals surface area contributed by atoms with Crippen molar-refractivity contribution in [2.24, 2.45) is 0 Å². The van der Waals surface area contributed by atoms with Crippen molar-refractivity contribution in [3.8, 4) is 27.9 Å². The fourth-order valence-electron chi connectivity index (χ4n) is 14.9. The minimum Gasteiger partial charge on any atom is -0.455 e. The van der Waals surface area contributed by atoms with E-state index in [9.17, 15) is 0 Å². The van der Waals surface area contributed by atoms with Gasteiger partial charge in [-0.1, -0.05) is 213 Å². The number of rotatable bonds is 6. The molecule has 0 saturated heterocycles. The molecule has 13 aromatic rings. The largest absolute Gasteiger partial charge is 0.455 e. The number of anilines is 6. The summed E-state index contributed by atoms with van der Waals surface area (Å²) < 4.78 is 10.3. The maximum Gasteiger partial charge on any atom is 0.145 e. The monoisotopic (exact) mass is 1060 g/mol. The highest BCUT2D eigenvalue weighted by atomic mass is 16.3. The second-order valence-corrected chi connectivity index (χ2v) is 25.6. The van der Waals surface area contributed by atoms with Gasteiger partial charge in [-0.25, -0.2) is 0 Å². The molecule has 0 fully saturated rings. The molecule has 4 heteroatoms. The average Bonchev–Trinajstić information content (AvgIpc) is 2.15. The first-order chi connectivity index (χ1) is 39.7. The van der Waals surface area contributed by atoms with E-state index in [4.69, 9.17) is 4.42 Å². The Morgan fingerprint density at radius 3 is 1.56 bits per heavy atom. The van der Waals surface area contributed by atoms with Gasteiger partial charge in [0.1, 0.15) is 11.2 Å². The molecule has 0 saturated carbocycles. The molecule has 1 spiro atoms. The molecule has 3 aliphatic rings. The number of benzene rings is 11. The lowest BCUT2D eigenvalue weighted by molar-refractivity contribution is 0.590. The van der Waals surface area contributed by atoms with Crippen LogP contribution in [-0.2, 0) is 21.7 Å². The molecule has 1 aliphatic heterocycles. The maximum absolute atomic E-state index is 7.71. The van der Waals surface area contributed by atoms with E-state index in [1.165, 1.54) is 88.7 Å². The Hall–Kier alpha value is -9.38. The second-order valence-electron chi connectivity index (χ2n) is 25.6. The third kappa shape index (κ3) is 6.55. The summed E-state index contributed by atoms with van der Waals surface area (Å²) in [6, 6.07) is 89.2. The van der Waals surface area contributed by atoms with Crippen LogP contribution in [0.25, 0.3) is 71.7 Å². The van der Waals surface area contributed by atoms with Gasteiger partial charge in [0.05, 0.1) is 38.9 Å². The van der Waals surface area contributed by atoms with Crippen molar-refractivity contribution in [1.82, 2.24) is 4.57 Å². The summed E-state index contributed by atoms with van der Waals surface area (Å²) in [6.45, 7) is 18.7. The van der Waals surface area contributed by atoms with Crippen LogP contribution >= 0.6 is 0 Å². The van der Waals surface area contributed by atoms with Crippen LogP contribution in [0, 0.1) is 0 Å². The second kappa shape index (κ2) is 17.1. The zero-order chi connectivity index (χ0) is 55.6. The van der Waals surface area contributed by atoms with Gasteiger partial charge in [-0.3, -0.25) is 0 Å². The average molecular weight is 1060 g/mol. The third-order valence-electron chi connectivity index (χ3n) is 18.6. The highest BCUT2D eigenvalue weighted by Crippen LogP contribution is 2.69. The van der Waals surface area contributed by atoms with Crippen molar-refractivity contribution >= 4 is 77.9 Å². The molecular formula is C78H63N3O. The van der Waals surface area contributed by atoms with Crippen molar-refractivity contribution in [3.63, 3.8) is 0 Å². The quantitative estimate of drug-likeness (QED) is 0.166. The lowest BCUT2D eigenvalue weighted by Crippen LogP contribution is -2.34. The number of fused-ring (bicyclic) bond motifs is 20. The molecular weight excluding hydrogens is 995 g/mol. The van der Waals surface area contributed by atoms with Crippen LogP contribution in [0.1, 0.15) is 99.9 Å². The molecule has 1 atom stereocenters. The predicted molar refractivity (Wildman–Crippen MR) is 343 cm³/mol. The van der Waals surface area contributed by atoms with Crippen molar-refractivity contribution in [2.45, 2.75) is 77.0 Å². The van der Waals surface area contributed by atoms with E-state index in [1.807, 2.05) is 0 Å². The number of aromatic nitrogens is 1. The molecule has 396 valence electrons. The van der Waals surface area contributed by atoms with Gasteiger partial charge >= 0.3 is 0 Å². The molecule has 2 aromatic heterocycles. The maximum atomic E-state index is 7.71. The van der Waals surface area contributed by atoms with E-state index >= 15 is 0 Å². The summed E-state index contributed by atoms with van der Waals surface area (Å²) in [7, 11) is 0. The molecule has 0 amide bonds. The number of furan rings is 1. The summed E-state index contributed by atoms with van der Waals surface area (Å²) in [5.74, 6) is 0. The van der Waals surface area contributed by atoms with Crippen molar-refractivity contribution < 1.29 is 4.42 Å². The molecule has 16 rings (SSSR count). The molecule has 0 radical (unpaired) electrons. The number of hydrogen-bond acceptors (Lipinski definition) is 3. The Labute approximate surface area is 480 Å². The van der Waals surface area contributed by atoms with E-state index in [1.54, 1.807) is 0 Å². The van der Waals surface area contributed by atoms with Crippen LogP contribution in [0.15, 0.2) is 241 Å². The van der Waals surface area contributed by atoms with Gasteiger partial charge in [-0.2, -0.15) is 0 Å². The summed E-state index contributed by atoms with van der Waals surface area (Å²) in [5, 5.41) is 4.66. The Morgan fingerprint density at radius 2 is 0.902 bits per heavy atom. The molecule has 1 unspecified atom stereocenters. The number of nitrogens with zero attached hydrogens (tertiary/aromatic N) is 3. The van der Waals surface area contributed by atoms with Crippen molar-refractivity contribution in [2.75, 3.05) is 9.80 Å². The molecule has 0 bridgehead atoms. The molecule has 2 aliphatic carbocycles. The van der Waals surface area contributed by atoms with Gasteiger partial charge < -0.3 is 18.8 Å². The topological polar surface area (TPSA) is 24.6 Å². The first-order valence-corrected chi connectivity index (χ1v) is 29.1. The van der Waals surface area contributed by atoms with Gasteiger partial charge in [0.25, 0.3) is 0 Å². The molecule has 82 heavy (non-hydrogen) atoms. The van der Waals surface area contributed by atoms with Gasteiger partial charge in [-0.05, 0) is 145 Å². The summed E-state index contributed by atoms with van der Waals surface area (Å²) in [5.41, 5.74) is 25.7. The van der Waals surface area contributed by atoms with Crippen LogP contribution in [0.4, 0.5) is 34.1 Å². The van der Waals surface area contributed by atoms with Crippen LogP contribution < -0.4 is 9.80 Å². The van der Waals surface area contributed by atoms with E-state index in [0.717, 1.165) is 61.6 Å². The van der Waals surface area contributed by atoms with Gasteiger partial charge in [0, 0.05) is 55.5 Å². The van der Waals surface area contributed by atoms with Crippen molar-refractivity contribution in [1.29, 1.82) is 0 Å². The summed E-state index contributed by atoms with van der Waals surface area (Å²) in [6.07, 6.45) is 0. The highest BCUT2D eigenvalue weighted by molar-refractivity contribution is 6.22.